The van der Waals surface area contributed by atoms with Gasteiger partial charge < -0.3 is 10.5 Å². The highest BCUT2D eigenvalue weighted by Gasteiger charge is 2.38. The lowest BCUT2D eigenvalue weighted by Crippen LogP contribution is -2.46. The lowest BCUT2D eigenvalue weighted by molar-refractivity contribution is -0.151. The summed E-state index contributed by atoms with van der Waals surface area (Å²) in [6.07, 6.45) is 3.51. The molecule has 2 rings (SSSR count). The minimum atomic E-state index is -0.744. The first-order valence-corrected chi connectivity index (χ1v) is 6.60. The van der Waals surface area contributed by atoms with Gasteiger partial charge in [0.1, 0.15) is 12.1 Å². The van der Waals surface area contributed by atoms with Crippen LogP contribution in [0.2, 0.25) is 0 Å². The molecule has 0 bridgehead atoms. The van der Waals surface area contributed by atoms with Gasteiger partial charge in [-0.15, -0.1) is 0 Å². The summed E-state index contributed by atoms with van der Waals surface area (Å²) in [5.41, 5.74) is 6.24. The van der Waals surface area contributed by atoms with Gasteiger partial charge in [0.2, 0.25) is 0 Å². The molecule has 3 nitrogen and oxygen atoms in total. The molecule has 0 atom stereocenters. The maximum Gasteiger partial charge on any atom is 0.326 e. The fourth-order valence-corrected chi connectivity index (χ4v) is 2.58. The Bertz CT molecular complexity index is 414. The van der Waals surface area contributed by atoms with E-state index in [1.165, 1.54) is 0 Å². The predicted octanol–water partition coefficient (Wildman–Crippen LogP) is 2.76. The molecule has 0 radical (unpaired) electrons. The number of rotatable bonds is 3. The summed E-state index contributed by atoms with van der Waals surface area (Å²) in [5, 5.41) is 0. The van der Waals surface area contributed by atoms with Gasteiger partial charge >= 0.3 is 5.97 Å². The summed E-state index contributed by atoms with van der Waals surface area (Å²) < 4.78 is 6.27. The van der Waals surface area contributed by atoms with E-state index in [0.717, 1.165) is 35.7 Å². The third-order valence-electron chi connectivity index (χ3n) is 3.16. The molecule has 2 N–H and O–H groups in total. The first-order valence-electron chi connectivity index (χ1n) is 5.81. The van der Waals surface area contributed by atoms with E-state index < -0.39 is 5.54 Å². The normalized spacial score (nSPS) is 18.0. The number of carbonyl (C=O) groups excluding carboxylic acids is 1. The molecule has 1 aliphatic rings. The van der Waals surface area contributed by atoms with Crippen LogP contribution in [0, 0.1) is 0 Å². The van der Waals surface area contributed by atoms with E-state index in [4.69, 9.17) is 10.5 Å². The molecule has 0 spiro atoms. The van der Waals surface area contributed by atoms with E-state index >= 15 is 0 Å². The Labute approximate surface area is 109 Å². The van der Waals surface area contributed by atoms with Crippen molar-refractivity contribution >= 4 is 21.9 Å². The highest BCUT2D eigenvalue weighted by Crippen LogP contribution is 2.28. The van der Waals surface area contributed by atoms with Crippen LogP contribution < -0.4 is 5.73 Å². The average Bonchev–Trinajstić information content (AvgIpc) is 2.74. The Balaban J connectivity index is 1.92. The van der Waals surface area contributed by atoms with Gasteiger partial charge in [0.15, 0.2) is 0 Å². The lowest BCUT2D eigenvalue weighted by atomic mass is 10.00. The Morgan fingerprint density at radius 3 is 2.76 bits per heavy atom. The van der Waals surface area contributed by atoms with Gasteiger partial charge in [0.05, 0.1) is 0 Å². The summed E-state index contributed by atoms with van der Waals surface area (Å²) in [7, 11) is 0. The molecule has 0 amide bonds. The van der Waals surface area contributed by atoms with Crippen LogP contribution in [0.25, 0.3) is 0 Å². The summed E-state index contributed by atoms with van der Waals surface area (Å²) >= 11 is 3.38. The highest BCUT2D eigenvalue weighted by atomic mass is 79.9. The third kappa shape index (κ3) is 3.07. The zero-order valence-electron chi connectivity index (χ0n) is 9.62. The molecule has 0 heterocycles. The molecule has 0 aliphatic heterocycles. The maximum atomic E-state index is 11.9. The van der Waals surface area contributed by atoms with E-state index in [-0.39, 0.29) is 12.6 Å². The second kappa shape index (κ2) is 5.19. The minimum Gasteiger partial charge on any atom is -0.459 e. The van der Waals surface area contributed by atoms with Crippen molar-refractivity contribution < 1.29 is 9.53 Å². The minimum absolute atomic E-state index is 0.269. The molecule has 0 saturated heterocycles. The number of nitrogens with two attached hydrogens (primary N) is 1. The Morgan fingerprint density at radius 1 is 1.41 bits per heavy atom. The lowest BCUT2D eigenvalue weighted by Gasteiger charge is -2.21. The fourth-order valence-electron chi connectivity index (χ4n) is 2.13. The van der Waals surface area contributed by atoms with Crippen LogP contribution in [0.5, 0.6) is 0 Å². The van der Waals surface area contributed by atoms with Crippen molar-refractivity contribution in [2.75, 3.05) is 0 Å². The van der Waals surface area contributed by atoms with Gasteiger partial charge in [0, 0.05) is 4.47 Å². The van der Waals surface area contributed by atoms with Gasteiger partial charge in [0.25, 0.3) is 0 Å². The topological polar surface area (TPSA) is 52.3 Å². The molecular formula is C13H16BrNO2. The molecule has 1 aliphatic carbocycles. The van der Waals surface area contributed by atoms with Crippen molar-refractivity contribution in [1.82, 2.24) is 0 Å². The van der Waals surface area contributed by atoms with Crippen LogP contribution in [0.4, 0.5) is 0 Å². The molecule has 1 aromatic carbocycles. The summed E-state index contributed by atoms with van der Waals surface area (Å²) in [6, 6.07) is 7.72. The average molecular weight is 298 g/mol. The van der Waals surface area contributed by atoms with Crippen LogP contribution in [-0.2, 0) is 16.1 Å². The van der Waals surface area contributed by atoms with Gasteiger partial charge in [-0.25, -0.2) is 0 Å². The maximum absolute atomic E-state index is 11.9. The predicted molar refractivity (Wildman–Crippen MR) is 69.3 cm³/mol. The van der Waals surface area contributed by atoms with Gasteiger partial charge in [-0.05, 0) is 30.5 Å². The van der Waals surface area contributed by atoms with E-state index in [1.54, 1.807) is 0 Å². The van der Waals surface area contributed by atoms with Crippen molar-refractivity contribution in [3.05, 3.63) is 34.3 Å². The molecule has 17 heavy (non-hydrogen) atoms. The summed E-state index contributed by atoms with van der Waals surface area (Å²) in [6.45, 7) is 0.289. The third-order valence-corrected chi connectivity index (χ3v) is 3.65. The molecule has 1 saturated carbocycles. The van der Waals surface area contributed by atoms with Crippen molar-refractivity contribution in [1.29, 1.82) is 0 Å². The SMILES string of the molecule is NC1(C(=O)OCc2cccc(Br)c2)CCCC1. The van der Waals surface area contributed by atoms with Crippen LogP contribution in [-0.4, -0.2) is 11.5 Å². The van der Waals surface area contributed by atoms with Crippen molar-refractivity contribution in [2.24, 2.45) is 5.73 Å². The zero-order valence-corrected chi connectivity index (χ0v) is 11.2. The monoisotopic (exact) mass is 297 g/mol. The molecule has 1 aromatic rings. The number of hydrogen-bond acceptors (Lipinski definition) is 3. The zero-order chi connectivity index (χ0) is 12.3. The van der Waals surface area contributed by atoms with Crippen molar-refractivity contribution in [2.45, 2.75) is 37.8 Å². The van der Waals surface area contributed by atoms with Crippen LogP contribution in [0.3, 0.4) is 0 Å². The standard InChI is InChI=1S/C13H16BrNO2/c14-11-5-3-4-10(8-11)9-17-12(16)13(15)6-1-2-7-13/h3-5,8H,1-2,6-7,9,15H2. The number of esters is 1. The number of halogens is 1. The first kappa shape index (κ1) is 12.6. The fraction of sp³-hybridized carbons (Fsp3) is 0.462. The molecule has 0 aromatic heterocycles. The van der Waals surface area contributed by atoms with E-state index in [1.807, 2.05) is 24.3 Å². The molecule has 92 valence electrons. The summed E-state index contributed by atoms with van der Waals surface area (Å²) in [5.74, 6) is -0.269. The van der Waals surface area contributed by atoms with Crippen LogP contribution >= 0.6 is 15.9 Å². The number of ether oxygens (including phenoxy) is 1. The van der Waals surface area contributed by atoms with Crippen molar-refractivity contribution in [3.63, 3.8) is 0 Å². The quantitative estimate of drug-likeness (QED) is 0.873. The molecule has 0 unspecified atom stereocenters. The van der Waals surface area contributed by atoms with Crippen LogP contribution in [0.1, 0.15) is 31.2 Å². The second-order valence-corrected chi connectivity index (χ2v) is 5.48. The number of hydrogen-bond donors (Lipinski definition) is 1. The van der Waals surface area contributed by atoms with Crippen molar-refractivity contribution in [3.8, 4) is 0 Å². The molecule has 1 fully saturated rings. The van der Waals surface area contributed by atoms with Gasteiger partial charge in [-0.2, -0.15) is 0 Å². The molecular weight excluding hydrogens is 282 g/mol. The van der Waals surface area contributed by atoms with E-state index in [2.05, 4.69) is 15.9 Å². The number of carbonyl (C=O) groups is 1. The Morgan fingerprint density at radius 2 is 2.12 bits per heavy atom. The smallest absolute Gasteiger partial charge is 0.326 e. The second-order valence-electron chi connectivity index (χ2n) is 4.57. The molecule has 4 heteroatoms. The number of benzene rings is 1. The van der Waals surface area contributed by atoms with Gasteiger partial charge in [-0.1, -0.05) is 40.9 Å². The first-order chi connectivity index (χ1) is 8.10. The van der Waals surface area contributed by atoms with Crippen LogP contribution in [0.15, 0.2) is 28.7 Å². The summed E-state index contributed by atoms with van der Waals surface area (Å²) in [4.78, 5) is 11.9. The Hall–Kier alpha value is -0.870. The van der Waals surface area contributed by atoms with E-state index in [0.29, 0.717) is 0 Å². The highest BCUT2D eigenvalue weighted by molar-refractivity contribution is 9.10. The largest absolute Gasteiger partial charge is 0.459 e. The Kier molecular flexibility index (Phi) is 3.84. The van der Waals surface area contributed by atoms with E-state index in [9.17, 15) is 4.79 Å². The van der Waals surface area contributed by atoms with Gasteiger partial charge in [-0.3, -0.25) is 4.79 Å².